The number of carbonyl (C=O) groups is 1. The molecule has 0 bridgehead atoms. The molecule has 1 aromatic rings. The molecule has 1 aliphatic heterocycles. The molecule has 1 aromatic carbocycles. The van der Waals surface area contributed by atoms with Crippen LogP contribution in [0.25, 0.3) is 0 Å². The first-order valence-electron chi connectivity index (χ1n) is 6.59. The predicted molar refractivity (Wildman–Crippen MR) is 72.2 cm³/mol. The van der Waals surface area contributed by atoms with Crippen LogP contribution < -0.4 is 20.5 Å². The minimum Gasteiger partial charge on any atom is -0.485 e. The van der Waals surface area contributed by atoms with Crippen LogP contribution in [0.15, 0.2) is 24.3 Å². The molecule has 5 nitrogen and oxygen atoms in total. The third-order valence-electron chi connectivity index (χ3n) is 3.03. The Morgan fingerprint density at radius 3 is 2.95 bits per heavy atom. The van der Waals surface area contributed by atoms with Crippen molar-refractivity contribution in [1.29, 1.82) is 0 Å². The Balaban J connectivity index is 1.88. The van der Waals surface area contributed by atoms with Gasteiger partial charge in [-0.15, -0.1) is 0 Å². The van der Waals surface area contributed by atoms with Crippen LogP contribution in [-0.2, 0) is 4.79 Å². The quantitative estimate of drug-likeness (QED) is 0.834. The lowest BCUT2D eigenvalue weighted by atomic mass is 10.1. The van der Waals surface area contributed by atoms with E-state index in [1.807, 2.05) is 25.1 Å². The summed E-state index contributed by atoms with van der Waals surface area (Å²) in [6.07, 6.45) is 1.17. The molecule has 2 rings (SSSR count). The van der Waals surface area contributed by atoms with Gasteiger partial charge >= 0.3 is 0 Å². The fraction of sp³-hybridized carbons (Fsp3) is 0.500. The highest BCUT2D eigenvalue weighted by Crippen LogP contribution is 2.30. The molecule has 3 N–H and O–H groups in total. The molecule has 1 aliphatic rings. The standard InChI is InChI=1S/C14H20N2O3/c1-10(5-4-8-15)16-14(17)13-9-18-11-6-2-3-7-12(11)19-13/h2-3,6-7,10,13H,4-5,8-9,15H2,1H3,(H,16,17). The van der Waals surface area contributed by atoms with Crippen LogP contribution in [-0.4, -0.2) is 31.2 Å². The van der Waals surface area contributed by atoms with Crippen molar-refractivity contribution in [2.45, 2.75) is 31.9 Å². The summed E-state index contributed by atoms with van der Waals surface area (Å²) < 4.78 is 11.2. The monoisotopic (exact) mass is 264 g/mol. The van der Waals surface area contributed by atoms with Crippen molar-refractivity contribution in [3.63, 3.8) is 0 Å². The van der Waals surface area contributed by atoms with Crippen molar-refractivity contribution < 1.29 is 14.3 Å². The first-order valence-corrected chi connectivity index (χ1v) is 6.59. The number of nitrogens with two attached hydrogens (primary N) is 1. The topological polar surface area (TPSA) is 73.6 Å². The Morgan fingerprint density at radius 2 is 2.21 bits per heavy atom. The van der Waals surface area contributed by atoms with E-state index < -0.39 is 6.10 Å². The number of hydrogen-bond acceptors (Lipinski definition) is 4. The van der Waals surface area contributed by atoms with Crippen LogP contribution in [0.5, 0.6) is 11.5 Å². The van der Waals surface area contributed by atoms with Crippen LogP contribution in [0, 0.1) is 0 Å². The first kappa shape index (κ1) is 13.7. The van der Waals surface area contributed by atoms with Crippen LogP contribution in [0.2, 0.25) is 0 Å². The summed E-state index contributed by atoms with van der Waals surface area (Å²) >= 11 is 0. The molecule has 5 heteroatoms. The Bertz CT molecular complexity index is 436. The number of fused-ring (bicyclic) bond motifs is 1. The normalized spacial score (nSPS) is 18.7. The minimum absolute atomic E-state index is 0.0943. The van der Waals surface area contributed by atoms with Gasteiger partial charge in [-0.05, 0) is 38.4 Å². The van der Waals surface area contributed by atoms with Crippen molar-refractivity contribution in [2.75, 3.05) is 13.2 Å². The van der Waals surface area contributed by atoms with Crippen molar-refractivity contribution in [2.24, 2.45) is 5.73 Å². The summed E-state index contributed by atoms with van der Waals surface area (Å²) in [4.78, 5) is 12.0. The van der Waals surface area contributed by atoms with E-state index in [0.717, 1.165) is 12.8 Å². The van der Waals surface area contributed by atoms with Crippen LogP contribution >= 0.6 is 0 Å². The van der Waals surface area contributed by atoms with Gasteiger partial charge in [-0.1, -0.05) is 12.1 Å². The molecule has 2 unspecified atom stereocenters. The van der Waals surface area contributed by atoms with E-state index in [2.05, 4.69) is 5.32 Å². The molecule has 0 aliphatic carbocycles. The Labute approximate surface area is 113 Å². The van der Waals surface area contributed by atoms with E-state index in [-0.39, 0.29) is 18.6 Å². The lowest BCUT2D eigenvalue weighted by Gasteiger charge is -2.26. The number of para-hydroxylation sites is 2. The Morgan fingerprint density at radius 1 is 1.47 bits per heavy atom. The summed E-state index contributed by atoms with van der Waals surface area (Å²) in [6, 6.07) is 7.45. The van der Waals surface area contributed by atoms with Gasteiger partial charge in [0.1, 0.15) is 6.61 Å². The van der Waals surface area contributed by atoms with E-state index in [0.29, 0.717) is 18.0 Å². The lowest BCUT2D eigenvalue weighted by molar-refractivity contribution is -0.131. The smallest absolute Gasteiger partial charge is 0.264 e. The number of nitrogens with one attached hydrogen (secondary N) is 1. The molecule has 104 valence electrons. The minimum atomic E-state index is -0.588. The van der Waals surface area contributed by atoms with Gasteiger partial charge in [0.05, 0.1) is 0 Å². The van der Waals surface area contributed by atoms with Crippen LogP contribution in [0.4, 0.5) is 0 Å². The zero-order chi connectivity index (χ0) is 13.7. The van der Waals surface area contributed by atoms with Crippen molar-refractivity contribution in [3.05, 3.63) is 24.3 Å². The molecule has 0 saturated carbocycles. The maximum Gasteiger partial charge on any atom is 0.264 e. The van der Waals surface area contributed by atoms with Crippen LogP contribution in [0.1, 0.15) is 19.8 Å². The summed E-state index contributed by atoms with van der Waals surface area (Å²) in [6.45, 7) is 2.84. The molecular weight excluding hydrogens is 244 g/mol. The number of carbonyl (C=O) groups excluding carboxylic acids is 1. The van der Waals surface area contributed by atoms with Crippen molar-refractivity contribution >= 4 is 5.91 Å². The number of ether oxygens (including phenoxy) is 2. The number of hydrogen-bond donors (Lipinski definition) is 2. The number of amides is 1. The van der Waals surface area contributed by atoms with Gasteiger partial charge in [0.2, 0.25) is 6.10 Å². The zero-order valence-electron chi connectivity index (χ0n) is 11.1. The average Bonchev–Trinajstić information content (AvgIpc) is 2.44. The molecule has 19 heavy (non-hydrogen) atoms. The van der Waals surface area contributed by atoms with E-state index in [4.69, 9.17) is 15.2 Å². The maximum atomic E-state index is 12.0. The molecule has 1 heterocycles. The fourth-order valence-corrected chi connectivity index (χ4v) is 1.98. The molecule has 0 radical (unpaired) electrons. The number of benzene rings is 1. The summed E-state index contributed by atoms with van der Waals surface area (Å²) in [5.74, 6) is 1.16. The second-order valence-electron chi connectivity index (χ2n) is 4.70. The van der Waals surface area contributed by atoms with Crippen molar-refractivity contribution in [3.8, 4) is 11.5 Å². The van der Waals surface area contributed by atoms with Crippen molar-refractivity contribution in [1.82, 2.24) is 5.32 Å². The summed E-state index contributed by atoms with van der Waals surface area (Å²) in [5, 5.41) is 2.92. The van der Waals surface area contributed by atoms with E-state index in [1.54, 1.807) is 6.07 Å². The van der Waals surface area contributed by atoms with E-state index in [1.165, 1.54) is 0 Å². The molecule has 1 amide bonds. The average molecular weight is 264 g/mol. The highest BCUT2D eigenvalue weighted by atomic mass is 16.6. The fourth-order valence-electron chi connectivity index (χ4n) is 1.98. The third-order valence-corrected chi connectivity index (χ3v) is 3.03. The van der Waals surface area contributed by atoms with Gasteiger partial charge in [-0.25, -0.2) is 0 Å². The molecule has 0 fully saturated rings. The van der Waals surface area contributed by atoms with Gasteiger partial charge in [0.25, 0.3) is 5.91 Å². The second-order valence-corrected chi connectivity index (χ2v) is 4.70. The molecule has 0 spiro atoms. The maximum absolute atomic E-state index is 12.0. The van der Waals surface area contributed by atoms with E-state index in [9.17, 15) is 4.79 Å². The largest absolute Gasteiger partial charge is 0.485 e. The lowest BCUT2D eigenvalue weighted by Crippen LogP contribution is -2.47. The van der Waals surface area contributed by atoms with Crippen LogP contribution in [0.3, 0.4) is 0 Å². The highest BCUT2D eigenvalue weighted by molar-refractivity contribution is 5.82. The zero-order valence-corrected chi connectivity index (χ0v) is 11.1. The first-order chi connectivity index (χ1) is 9.20. The van der Waals surface area contributed by atoms with Gasteiger partial charge < -0.3 is 20.5 Å². The second kappa shape index (κ2) is 6.43. The Hall–Kier alpha value is -1.75. The van der Waals surface area contributed by atoms with Gasteiger partial charge in [-0.2, -0.15) is 0 Å². The number of rotatable bonds is 5. The molecule has 2 atom stereocenters. The Kier molecular flexibility index (Phi) is 4.63. The van der Waals surface area contributed by atoms with Gasteiger partial charge in [0, 0.05) is 6.04 Å². The predicted octanol–water partition coefficient (Wildman–Crippen LogP) is 1.07. The SMILES string of the molecule is CC(CCCN)NC(=O)C1COc2ccccc2O1. The third kappa shape index (κ3) is 3.61. The molecule has 0 aromatic heterocycles. The molecular formula is C14H20N2O3. The van der Waals surface area contributed by atoms with E-state index >= 15 is 0 Å². The van der Waals surface area contributed by atoms with Gasteiger partial charge in [-0.3, -0.25) is 4.79 Å². The molecule has 0 saturated heterocycles. The van der Waals surface area contributed by atoms with Gasteiger partial charge in [0.15, 0.2) is 11.5 Å². The summed E-state index contributed by atoms with van der Waals surface area (Å²) in [5.41, 5.74) is 5.45. The highest BCUT2D eigenvalue weighted by Gasteiger charge is 2.27. The summed E-state index contributed by atoms with van der Waals surface area (Å²) in [7, 11) is 0.